The Morgan fingerprint density at radius 2 is 2.18 bits per heavy atom. The monoisotopic (exact) mass is 240 g/mol. The number of hydrogen-bond acceptors (Lipinski definition) is 3. The van der Waals surface area contributed by atoms with Gasteiger partial charge in [-0.15, -0.1) is 0 Å². The molecule has 4 N–H and O–H groups in total. The van der Waals surface area contributed by atoms with Gasteiger partial charge in [0.2, 0.25) is 0 Å². The molecule has 0 spiro atoms. The van der Waals surface area contributed by atoms with Crippen molar-refractivity contribution in [1.82, 2.24) is 0 Å². The van der Waals surface area contributed by atoms with Crippen LogP contribution in [0.4, 0.5) is 10.1 Å². The lowest BCUT2D eigenvalue weighted by Gasteiger charge is -2.08. The minimum absolute atomic E-state index is 0.147. The molecule has 0 aliphatic heterocycles. The summed E-state index contributed by atoms with van der Waals surface area (Å²) in [5.41, 5.74) is 6.46. The number of carboxylic acids is 1. The maximum atomic E-state index is 12.0. The van der Waals surface area contributed by atoms with Crippen molar-refractivity contribution in [3.8, 4) is 0 Å². The number of amides is 1. The number of nitrogens with two attached hydrogens (primary N) is 1. The molecule has 6 heteroatoms. The molecular weight excluding hydrogens is 227 g/mol. The molecule has 0 aliphatic rings. The first-order valence-corrected chi connectivity index (χ1v) is 4.96. The summed E-state index contributed by atoms with van der Waals surface area (Å²) in [5, 5.41) is 11.0. The van der Waals surface area contributed by atoms with Gasteiger partial charge < -0.3 is 16.2 Å². The summed E-state index contributed by atoms with van der Waals surface area (Å²) in [7, 11) is 0. The minimum Gasteiger partial charge on any atom is -0.480 e. The van der Waals surface area contributed by atoms with Crippen molar-refractivity contribution in [2.45, 2.75) is 12.5 Å². The van der Waals surface area contributed by atoms with Crippen LogP contribution in [0.2, 0.25) is 0 Å². The molecule has 0 aromatic heterocycles. The van der Waals surface area contributed by atoms with Crippen molar-refractivity contribution in [3.05, 3.63) is 29.8 Å². The molecule has 1 rings (SSSR count). The number of halogens is 1. The highest BCUT2D eigenvalue weighted by molar-refractivity contribution is 5.91. The van der Waals surface area contributed by atoms with E-state index in [1.54, 1.807) is 24.3 Å². The van der Waals surface area contributed by atoms with Gasteiger partial charge in [-0.05, 0) is 24.1 Å². The third kappa shape index (κ3) is 4.20. The molecule has 1 amide bonds. The highest BCUT2D eigenvalue weighted by atomic mass is 19.1. The van der Waals surface area contributed by atoms with E-state index in [4.69, 9.17) is 10.8 Å². The van der Waals surface area contributed by atoms with Crippen molar-refractivity contribution < 1.29 is 19.1 Å². The number of anilines is 1. The van der Waals surface area contributed by atoms with Crippen molar-refractivity contribution in [3.63, 3.8) is 0 Å². The predicted octanol–water partition coefficient (Wildman–Crippen LogP) is 0.549. The van der Waals surface area contributed by atoms with E-state index in [-0.39, 0.29) is 6.42 Å². The molecule has 0 fully saturated rings. The van der Waals surface area contributed by atoms with E-state index < -0.39 is 24.6 Å². The summed E-state index contributed by atoms with van der Waals surface area (Å²) in [6.07, 6.45) is 0.147. The number of benzene rings is 1. The Morgan fingerprint density at radius 3 is 2.76 bits per heavy atom. The van der Waals surface area contributed by atoms with Crippen LogP contribution in [-0.4, -0.2) is 29.7 Å². The van der Waals surface area contributed by atoms with Gasteiger partial charge in [0.15, 0.2) is 6.67 Å². The topological polar surface area (TPSA) is 92.4 Å². The van der Waals surface area contributed by atoms with Gasteiger partial charge in [0.25, 0.3) is 5.91 Å². The normalized spacial score (nSPS) is 11.9. The predicted molar refractivity (Wildman–Crippen MR) is 60.4 cm³/mol. The second-order valence-electron chi connectivity index (χ2n) is 3.53. The zero-order valence-electron chi connectivity index (χ0n) is 9.02. The zero-order chi connectivity index (χ0) is 12.8. The van der Waals surface area contributed by atoms with E-state index in [0.717, 1.165) is 0 Å². The SMILES string of the molecule is N[C@@H](Cc1cccc(NC(=O)CF)c1)C(=O)O. The Morgan fingerprint density at radius 1 is 1.47 bits per heavy atom. The number of carbonyl (C=O) groups excluding carboxylic acids is 1. The van der Waals surface area contributed by atoms with Crippen molar-refractivity contribution in [2.75, 3.05) is 12.0 Å². The van der Waals surface area contributed by atoms with Gasteiger partial charge >= 0.3 is 5.97 Å². The standard InChI is InChI=1S/C11H13FN2O3/c12-6-10(15)14-8-3-1-2-7(4-8)5-9(13)11(16)17/h1-4,9H,5-6,13H2,(H,14,15)(H,16,17)/t9-/m0/s1. The van der Waals surface area contributed by atoms with Gasteiger partial charge in [-0.3, -0.25) is 9.59 Å². The second kappa shape index (κ2) is 5.95. The molecule has 1 aromatic carbocycles. The lowest BCUT2D eigenvalue weighted by Crippen LogP contribution is -2.32. The number of nitrogens with one attached hydrogen (secondary N) is 1. The molecule has 17 heavy (non-hydrogen) atoms. The van der Waals surface area contributed by atoms with Crippen LogP contribution in [-0.2, 0) is 16.0 Å². The molecule has 0 bridgehead atoms. The minimum atomic E-state index is -1.10. The average molecular weight is 240 g/mol. The molecule has 0 unspecified atom stereocenters. The summed E-state index contributed by atoms with van der Waals surface area (Å²) >= 11 is 0. The van der Waals surface area contributed by atoms with Gasteiger partial charge in [0.1, 0.15) is 6.04 Å². The number of rotatable bonds is 5. The van der Waals surface area contributed by atoms with E-state index >= 15 is 0 Å². The molecule has 92 valence electrons. The smallest absolute Gasteiger partial charge is 0.320 e. The fraction of sp³-hybridized carbons (Fsp3) is 0.273. The van der Waals surface area contributed by atoms with Crippen LogP contribution in [0.3, 0.4) is 0 Å². The van der Waals surface area contributed by atoms with Crippen LogP contribution in [0.1, 0.15) is 5.56 Å². The third-order valence-corrected chi connectivity index (χ3v) is 2.10. The van der Waals surface area contributed by atoms with Crippen molar-refractivity contribution in [2.24, 2.45) is 5.73 Å². The highest BCUT2D eigenvalue weighted by Gasteiger charge is 2.12. The van der Waals surface area contributed by atoms with Crippen LogP contribution in [0, 0.1) is 0 Å². The Kier molecular flexibility index (Phi) is 4.59. The summed E-state index contributed by atoms with van der Waals surface area (Å²) in [6.45, 7) is -1.10. The van der Waals surface area contributed by atoms with Crippen molar-refractivity contribution >= 4 is 17.6 Å². The Balaban J connectivity index is 2.72. The Hall–Kier alpha value is -1.95. The molecule has 0 saturated heterocycles. The fourth-order valence-electron chi connectivity index (χ4n) is 1.31. The van der Waals surface area contributed by atoms with E-state index in [2.05, 4.69) is 5.32 Å². The Labute approximate surface area is 97.4 Å². The summed E-state index contributed by atoms with van der Waals surface area (Å²) in [4.78, 5) is 21.4. The average Bonchev–Trinajstić information content (AvgIpc) is 2.29. The second-order valence-corrected chi connectivity index (χ2v) is 3.53. The van der Waals surface area contributed by atoms with Gasteiger partial charge in [-0.25, -0.2) is 4.39 Å². The molecule has 0 saturated carbocycles. The molecule has 1 aromatic rings. The lowest BCUT2D eigenvalue weighted by molar-refractivity contribution is -0.138. The van der Waals surface area contributed by atoms with Crippen LogP contribution in [0.15, 0.2) is 24.3 Å². The first-order chi connectivity index (χ1) is 8.02. The van der Waals surface area contributed by atoms with Crippen LogP contribution >= 0.6 is 0 Å². The number of hydrogen-bond donors (Lipinski definition) is 3. The van der Waals surface area contributed by atoms with E-state index in [0.29, 0.717) is 11.3 Å². The molecule has 0 aliphatic carbocycles. The molecule has 0 heterocycles. The number of carboxylic acid groups (broad SMARTS) is 1. The number of carbonyl (C=O) groups is 2. The van der Waals surface area contributed by atoms with Crippen LogP contribution in [0.25, 0.3) is 0 Å². The maximum absolute atomic E-state index is 12.0. The van der Waals surface area contributed by atoms with E-state index in [9.17, 15) is 14.0 Å². The van der Waals surface area contributed by atoms with Gasteiger partial charge in [-0.2, -0.15) is 0 Å². The molecule has 1 atom stereocenters. The summed E-state index contributed by atoms with van der Waals surface area (Å²) in [5.74, 6) is -1.84. The van der Waals surface area contributed by atoms with Gasteiger partial charge in [-0.1, -0.05) is 12.1 Å². The van der Waals surface area contributed by atoms with E-state index in [1.807, 2.05) is 0 Å². The van der Waals surface area contributed by atoms with Crippen LogP contribution < -0.4 is 11.1 Å². The number of aliphatic carboxylic acids is 1. The fourth-order valence-corrected chi connectivity index (χ4v) is 1.31. The maximum Gasteiger partial charge on any atom is 0.320 e. The highest BCUT2D eigenvalue weighted by Crippen LogP contribution is 2.12. The largest absolute Gasteiger partial charge is 0.480 e. The molecule has 0 radical (unpaired) electrons. The zero-order valence-corrected chi connectivity index (χ0v) is 9.02. The molecule has 5 nitrogen and oxygen atoms in total. The summed E-state index contributed by atoms with van der Waals surface area (Å²) < 4.78 is 12.0. The van der Waals surface area contributed by atoms with Gasteiger partial charge in [0, 0.05) is 5.69 Å². The molecular formula is C11H13FN2O3. The van der Waals surface area contributed by atoms with Gasteiger partial charge in [0.05, 0.1) is 0 Å². The summed E-state index contributed by atoms with van der Waals surface area (Å²) in [6, 6.07) is 5.48. The lowest BCUT2D eigenvalue weighted by atomic mass is 10.1. The van der Waals surface area contributed by atoms with Crippen molar-refractivity contribution in [1.29, 1.82) is 0 Å². The first kappa shape index (κ1) is 13.1. The Bertz CT molecular complexity index is 423. The first-order valence-electron chi connectivity index (χ1n) is 4.96. The number of alkyl halides is 1. The van der Waals surface area contributed by atoms with E-state index in [1.165, 1.54) is 0 Å². The third-order valence-electron chi connectivity index (χ3n) is 2.10. The quantitative estimate of drug-likeness (QED) is 0.700. The van der Waals surface area contributed by atoms with Crippen LogP contribution in [0.5, 0.6) is 0 Å².